The summed E-state index contributed by atoms with van der Waals surface area (Å²) in [6.45, 7) is 1.69. The molecule has 0 unspecified atom stereocenters. The quantitative estimate of drug-likeness (QED) is 0.877. The minimum absolute atomic E-state index is 0.127. The Morgan fingerprint density at radius 2 is 1.59 bits per heavy atom. The second-order valence-electron chi connectivity index (χ2n) is 4.79. The van der Waals surface area contributed by atoms with Crippen LogP contribution in [0.4, 0.5) is 26.3 Å². The normalized spacial score (nSPS) is 13.8. The predicted octanol–water partition coefficient (Wildman–Crippen LogP) is 3.45. The van der Waals surface area contributed by atoms with Gasteiger partial charge in [-0.15, -0.1) is 0 Å². The standard InChI is InChI=1S/C13H12F6N2O/c1-2-21-9-6-4-3-5-8(9)20-10(21)7-11(22,12(14,15)16)13(17,18)19/h3-6,22H,2,7H2,1H3. The molecule has 0 radical (unpaired) electrons. The van der Waals surface area contributed by atoms with E-state index in [2.05, 4.69) is 4.98 Å². The lowest BCUT2D eigenvalue weighted by molar-refractivity contribution is -0.367. The first-order chi connectivity index (χ1) is 10.0. The summed E-state index contributed by atoms with van der Waals surface area (Å²) >= 11 is 0. The number of aliphatic hydroxyl groups is 1. The maximum Gasteiger partial charge on any atom is 0.426 e. The summed E-state index contributed by atoms with van der Waals surface area (Å²) in [7, 11) is 0. The van der Waals surface area contributed by atoms with Crippen molar-refractivity contribution in [2.45, 2.75) is 37.8 Å². The fraction of sp³-hybridized carbons (Fsp3) is 0.462. The smallest absolute Gasteiger partial charge is 0.373 e. The maximum atomic E-state index is 12.8. The molecule has 0 amide bonds. The van der Waals surface area contributed by atoms with E-state index in [-0.39, 0.29) is 12.1 Å². The second-order valence-corrected chi connectivity index (χ2v) is 4.79. The van der Waals surface area contributed by atoms with Gasteiger partial charge in [0.15, 0.2) is 0 Å². The van der Waals surface area contributed by atoms with Gasteiger partial charge in [-0.2, -0.15) is 26.3 Å². The van der Waals surface area contributed by atoms with Gasteiger partial charge in [-0.05, 0) is 19.1 Å². The van der Waals surface area contributed by atoms with Crippen molar-refractivity contribution >= 4 is 11.0 Å². The molecule has 0 aliphatic rings. The van der Waals surface area contributed by atoms with Crippen molar-refractivity contribution in [1.82, 2.24) is 9.55 Å². The number of fused-ring (bicyclic) bond motifs is 1. The van der Waals surface area contributed by atoms with Crippen molar-refractivity contribution in [1.29, 1.82) is 0 Å². The topological polar surface area (TPSA) is 38.0 Å². The highest BCUT2D eigenvalue weighted by atomic mass is 19.4. The Morgan fingerprint density at radius 1 is 1.05 bits per heavy atom. The Labute approximate surface area is 121 Å². The van der Waals surface area contributed by atoms with E-state index in [4.69, 9.17) is 0 Å². The molecule has 0 atom stereocenters. The molecule has 0 saturated carbocycles. The molecule has 1 N–H and O–H groups in total. The maximum absolute atomic E-state index is 12.8. The van der Waals surface area contributed by atoms with Crippen molar-refractivity contribution in [3.63, 3.8) is 0 Å². The second kappa shape index (κ2) is 5.15. The molecular formula is C13H12F6N2O. The van der Waals surface area contributed by atoms with Crippen molar-refractivity contribution < 1.29 is 31.4 Å². The van der Waals surface area contributed by atoms with Crippen LogP contribution in [0.5, 0.6) is 0 Å². The Bertz CT molecular complexity index is 659. The number of nitrogens with zero attached hydrogens (tertiary/aromatic N) is 2. The number of benzene rings is 1. The molecule has 0 spiro atoms. The van der Waals surface area contributed by atoms with Gasteiger partial charge in [0.25, 0.3) is 5.60 Å². The van der Waals surface area contributed by atoms with E-state index in [0.717, 1.165) is 0 Å². The van der Waals surface area contributed by atoms with Gasteiger partial charge in [0.1, 0.15) is 5.82 Å². The minimum Gasteiger partial charge on any atom is -0.373 e. The summed E-state index contributed by atoms with van der Waals surface area (Å²) in [5, 5.41) is 9.28. The lowest BCUT2D eigenvalue weighted by atomic mass is 9.97. The molecular weight excluding hydrogens is 314 g/mol. The number of alkyl halides is 6. The monoisotopic (exact) mass is 326 g/mol. The first-order valence-electron chi connectivity index (χ1n) is 6.31. The van der Waals surface area contributed by atoms with Crippen molar-refractivity contribution in [2.24, 2.45) is 0 Å². The fourth-order valence-corrected chi connectivity index (χ4v) is 2.20. The molecule has 122 valence electrons. The van der Waals surface area contributed by atoms with Crippen LogP contribution >= 0.6 is 0 Å². The third-order valence-electron chi connectivity index (χ3n) is 3.40. The molecule has 0 aliphatic carbocycles. The molecule has 0 saturated heterocycles. The van der Waals surface area contributed by atoms with Gasteiger partial charge in [-0.1, -0.05) is 12.1 Å². The highest BCUT2D eigenvalue weighted by Crippen LogP contribution is 2.45. The molecule has 2 rings (SSSR count). The lowest BCUT2D eigenvalue weighted by Gasteiger charge is -2.32. The van der Waals surface area contributed by atoms with Gasteiger partial charge in [-0.3, -0.25) is 0 Å². The zero-order valence-corrected chi connectivity index (χ0v) is 11.3. The van der Waals surface area contributed by atoms with E-state index in [1.54, 1.807) is 19.1 Å². The molecule has 1 aromatic carbocycles. The average molecular weight is 326 g/mol. The Balaban J connectivity index is 2.57. The molecule has 22 heavy (non-hydrogen) atoms. The Kier molecular flexibility index (Phi) is 3.88. The molecule has 0 fully saturated rings. The lowest BCUT2D eigenvalue weighted by Crippen LogP contribution is -2.58. The highest BCUT2D eigenvalue weighted by molar-refractivity contribution is 5.75. The van der Waals surface area contributed by atoms with Crippen LogP contribution in [-0.2, 0) is 13.0 Å². The summed E-state index contributed by atoms with van der Waals surface area (Å²) in [4.78, 5) is 3.80. The number of aromatic nitrogens is 2. The molecule has 3 nitrogen and oxygen atoms in total. The van der Waals surface area contributed by atoms with Crippen LogP contribution in [0, 0.1) is 0 Å². The minimum atomic E-state index is -5.86. The van der Waals surface area contributed by atoms with Gasteiger partial charge >= 0.3 is 12.4 Å². The van der Waals surface area contributed by atoms with E-state index in [1.165, 1.54) is 16.7 Å². The number of aryl methyl sites for hydroxylation is 1. The third kappa shape index (κ3) is 2.53. The van der Waals surface area contributed by atoms with E-state index in [1.807, 2.05) is 0 Å². The van der Waals surface area contributed by atoms with Crippen molar-refractivity contribution in [2.75, 3.05) is 0 Å². The van der Waals surface area contributed by atoms with E-state index >= 15 is 0 Å². The van der Waals surface area contributed by atoms with E-state index < -0.39 is 30.2 Å². The van der Waals surface area contributed by atoms with Gasteiger partial charge in [-0.25, -0.2) is 4.98 Å². The third-order valence-corrected chi connectivity index (χ3v) is 3.40. The van der Waals surface area contributed by atoms with E-state index in [9.17, 15) is 31.4 Å². The Morgan fingerprint density at radius 3 is 2.09 bits per heavy atom. The first-order valence-corrected chi connectivity index (χ1v) is 6.31. The van der Waals surface area contributed by atoms with Crippen LogP contribution in [0.3, 0.4) is 0 Å². The first kappa shape index (κ1) is 16.6. The SMILES string of the molecule is CCn1c(CC(O)(C(F)(F)F)C(F)(F)F)nc2ccccc21. The largest absolute Gasteiger partial charge is 0.426 e. The zero-order valence-electron chi connectivity index (χ0n) is 11.3. The fourth-order valence-electron chi connectivity index (χ4n) is 2.20. The van der Waals surface area contributed by atoms with Crippen LogP contribution in [0.2, 0.25) is 0 Å². The van der Waals surface area contributed by atoms with Gasteiger partial charge < -0.3 is 9.67 Å². The predicted molar refractivity (Wildman–Crippen MR) is 66.2 cm³/mol. The summed E-state index contributed by atoms with van der Waals surface area (Å²) in [5.74, 6) is -0.471. The van der Waals surface area contributed by atoms with Gasteiger partial charge in [0, 0.05) is 6.54 Å². The number of rotatable bonds is 3. The molecule has 0 aliphatic heterocycles. The van der Waals surface area contributed by atoms with Crippen LogP contribution in [0.15, 0.2) is 24.3 Å². The molecule has 1 heterocycles. The number of hydrogen-bond donors (Lipinski definition) is 1. The number of hydrogen-bond acceptors (Lipinski definition) is 2. The Hall–Kier alpha value is -1.77. The summed E-state index contributed by atoms with van der Waals surface area (Å²) in [6.07, 6.45) is -13.4. The van der Waals surface area contributed by atoms with Crippen LogP contribution in [0.25, 0.3) is 11.0 Å². The van der Waals surface area contributed by atoms with E-state index in [0.29, 0.717) is 5.52 Å². The average Bonchev–Trinajstić information content (AvgIpc) is 2.72. The van der Waals surface area contributed by atoms with Crippen LogP contribution in [0.1, 0.15) is 12.7 Å². The zero-order chi connectivity index (χ0) is 16.8. The molecule has 2 aromatic rings. The highest BCUT2D eigenvalue weighted by Gasteiger charge is 2.70. The number of imidazole rings is 1. The molecule has 0 bridgehead atoms. The summed E-state index contributed by atoms with van der Waals surface area (Å²) < 4.78 is 77.8. The molecule has 1 aromatic heterocycles. The van der Waals surface area contributed by atoms with Gasteiger partial charge in [0.2, 0.25) is 0 Å². The van der Waals surface area contributed by atoms with Crippen LogP contribution < -0.4 is 0 Å². The van der Waals surface area contributed by atoms with Crippen molar-refractivity contribution in [3.8, 4) is 0 Å². The number of halogens is 6. The summed E-state index contributed by atoms with van der Waals surface area (Å²) in [5.41, 5.74) is -4.16. The number of para-hydroxylation sites is 2. The summed E-state index contributed by atoms with van der Waals surface area (Å²) in [6, 6.07) is 6.18. The molecule has 9 heteroatoms. The van der Waals surface area contributed by atoms with Gasteiger partial charge in [0.05, 0.1) is 17.5 Å². The van der Waals surface area contributed by atoms with Crippen LogP contribution in [-0.4, -0.2) is 32.6 Å². The van der Waals surface area contributed by atoms with Crippen molar-refractivity contribution in [3.05, 3.63) is 30.1 Å².